The molecule has 0 aliphatic rings. The molecule has 1 rings (SSSR count). The predicted octanol–water partition coefficient (Wildman–Crippen LogP) is 2.62. The van der Waals surface area contributed by atoms with Gasteiger partial charge in [0.1, 0.15) is 0 Å². The van der Waals surface area contributed by atoms with Crippen LogP contribution in [0.25, 0.3) is 0 Å². The summed E-state index contributed by atoms with van der Waals surface area (Å²) < 4.78 is 1.00. The van der Waals surface area contributed by atoms with E-state index in [1.165, 1.54) is 11.3 Å². The highest BCUT2D eigenvalue weighted by Crippen LogP contribution is 2.27. The van der Waals surface area contributed by atoms with Crippen molar-refractivity contribution in [3.63, 3.8) is 0 Å². The first kappa shape index (κ1) is 13.6. The molecule has 1 amide bonds. The Kier molecular flexibility index (Phi) is 5.37. The first-order valence-corrected chi connectivity index (χ1v) is 6.85. The van der Waals surface area contributed by atoms with Crippen LogP contribution >= 0.6 is 39.5 Å². The van der Waals surface area contributed by atoms with Gasteiger partial charge < -0.3 is 11.1 Å². The lowest BCUT2D eigenvalue weighted by atomic mass is 10.3. The predicted molar refractivity (Wildman–Crippen MR) is 75.1 cm³/mol. The summed E-state index contributed by atoms with van der Waals surface area (Å²) >= 11 is 9.58. The van der Waals surface area contributed by atoms with E-state index in [9.17, 15) is 4.79 Å². The van der Waals surface area contributed by atoms with Gasteiger partial charge in [-0.3, -0.25) is 4.79 Å². The Morgan fingerprint density at radius 1 is 1.69 bits per heavy atom. The fraction of sp³-hybridized carbons (Fsp3) is 0.400. The van der Waals surface area contributed by atoms with E-state index in [-0.39, 0.29) is 5.91 Å². The zero-order chi connectivity index (χ0) is 12.1. The van der Waals surface area contributed by atoms with Crippen molar-refractivity contribution in [2.45, 2.75) is 19.8 Å². The summed E-state index contributed by atoms with van der Waals surface area (Å²) in [4.78, 5) is 12.9. The van der Waals surface area contributed by atoms with Gasteiger partial charge in [0.2, 0.25) is 0 Å². The molecule has 0 atom stereocenters. The van der Waals surface area contributed by atoms with E-state index in [1.807, 2.05) is 13.0 Å². The van der Waals surface area contributed by atoms with E-state index < -0.39 is 0 Å². The molecule has 0 aliphatic heterocycles. The van der Waals surface area contributed by atoms with Crippen LogP contribution in [-0.2, 0) is 0 Å². The maximum atomic E-state index is 11.7. The Bertz CT molecular complexity index is 384. The molecule has 1 aromatic rings. The monoisotopic (exact) mass is 320 g/mol. The lowest BCUT2D eigenvalue weighted by molar-refractivity contribution is 0.0957. The van der Waals surface area contributed by atoms with Crippen LogP contribution in [0.3, 0.4) is 0 Å². The Labute approximate surface area is 113 Å². The van der Waals surface area contributed by atoms with Crippen LogP contribution in [0.1, 0.15) is 28.1 Å². The van der Waals surface area contributed by atoms with E-state index >= 15 is 0 Å². The molecule has 0 radical (unpaired) electrons. The third-order valence-corrected chi connectivity index (χ3v) is 4.31. The topological polar surface area (TPSA) is 55.1 Å². The van der Waals surface area contributed by atoms with E-state index in [0.717, 1.165) is 20.6 Å². The fourth-order valence-corrected chi connectivity index (χ4v) is 2.72. The highest BCUT2D eigenvalue weighted by atomic mass is 79.9. The molecule has 1 heterocycles. The molecule has 1 aromatic heterocycles. The number of amides is 1. The number of aryl methyl sites for hydroxylation is 1. The van der Waals surface area contributed by atoms with Gasteiger partial charge in [0.15, 0.2) is 0 Å². The van der Waals surface area contributed by atoms with E-state index in [1.54, 1.807) is 0 Å². The van der Waals surface area contributed by atoms with Gasteiger partial charge in [0, 0.05) is 6.54 Å². The summed E-state index contributed by atoms with van der Waals surface area (Å²) in [5.74, 6) is -0.0401. The van der Waals surface area contributed by atoms with Gasteiger partial charge in [0.25, 0.3) is 5.91 Å². The lowest BCUT2D eigenvalue weighted by Gasteiger charge is -2.02. The van der Waals surface area contributed by atoms with E-state index in [4.69, 9.17) is 18.0 Å². The molecule has 6 heteroatoms. The van der Waals surface area contributed by atoms with Crippen molar-refractivity contribution in [1.82, 2.24) is 5.32 Å². The maximum Gasteiger partial charge on any atom is 0.261 e. The van der Waals surface area contributed by atoms with Gasteiger partial charge in [-0.25, -0.2) is 0 Å². The molecular formula is C10H13BrN2OS2. The highest BCUT2D eigenvalue weighted by Gasteiger charge is 2.10. The number of thiocarbonyl (C=S) groups is 1. The Morgan fingerprint density at radius 2 is 2.38 bits per heavy atom. The minimum atomic E-state index is -0.0401. The first-order valence-electron chi connectivity index (χ1n) is 4.83. The Balaban J connectivity index is 2.38. The van der Waals surface area contributed by atoms with Crippen molar-refractivity contribution < 1.29 is 4.79 Å². The number of hydrogen-bond donors (Lipinski definition) is 2. The molecule has 3 N–H and O–H groups in total. The number of nitrogens with two attached hydrogens (primary N) is 1. The SMILES string of the molecule is Cc1cc(C(=O)NCCCC(N)=S)sc1Br. The van der Waals surface area contributed by atoms with Crippen molar-refractivity contribution in [2.75, 3.05) is 6.54 Å². The highest BCUT2D eigenvalue weighted by molar-refractivity contribution is 9.11. The van der Waals surface area contributed by atoms with Crippen LogP contribution in [0.5, 0.6) is 0 Å². The summed E-state index contributed by atoms with van der Waals surface area (Å²) in [6, 6.07) is 1.87. The second-order valence-corrected chi connectivity index (χ2v) is 6.29. The molecule has 0 unspecified atom stereocenters. The number of carbonyl (C=O) groups is 1. The normalized spacial score (nSPS) is 10.1. The van der Waals surface area contributed by atoms with Crippen LogP contribution < -0.4 is 11.1 Å². The van der Waals surface area contributed by atoms with Gasteiger partial charge in [-0.1, -0.05) is 12.2 Å². The zero-order valence-corrected chi connectivity index (χ0v) is 12.1. The fourth-order valence-electron chi connectivity index (χ4n) is 1.12. The van der Waals surface area contributed by atoms with E-state index in [2.05, 4.69) is 21.2 Å². The number of rotatable bonds is 5. The van der Waals surface area contributed by atoms with Gasteiger partial charge in [-0.2, -0.15) is 0 Å². The van der Waals surface area contributed by atoms with Crippen molar-refractivity contribution >= 4 is 50.4 Å². The minimum absolute atomic E-state index is 0.0401. The molecule has 16 heavy (non-hydrogen) atoms. The molecule has 0 aromatic carbocycles. The number of carbonyl (C=O) groups excluding carboxylic acids is 1. The van der Waals surface area contributed by atoms with Crippen molar-refractivity contribution in [3.8, 4) is 0 Å². The molecular weight excluding hydrogens is 308 g/mol. The first-order chi connectivity index (χ1) is 7.50. The van der Waals surface area contributed by atoms with E-state index in [0.29, 0.717) is 18.0 Å². The number of nitrogens with one attached hydrogen (secondary N) is 1. The molecule has 0 saturated carbocycles. The summed E-state index contributed by atoms with van der Waals surface area (Å²) in [6.07, 6.45) is 1.45. The molecule has 0 bridgehead atoms. The molecule has 3 nitrogen and oxygen atoms in total. The summed E-state index contributed by atoms with van der Waals surface area (Å²) in [6.45, 7) is 2.56. The molecule has 88 valence electrons. The van der Waals surface area contributed by atoms with Crippen LogP contribution in [-0.4, -0.2) is 17.4 Å². The number of thiophene rings is 1. The van der Waals surface area contributed by atoms with Crippen LogP contribution in [0, 0.1) is 6.92 Å². The summed E-state index contributed by atoms with van der Waals surface area (Å²) in [7, 11) is 0. The quantitative estimate of drug-likeness (QED) is 0.647. The molecule has 0 saturated heterocycles. The molecule has 0 aliphatic carbocycles. The van der Waals surface area contributed by atoms with Crippen molar-refractivity contribution in [2.24, 2.45) is 5.73 Å². The van der Waals surface area contributed by atoms with Crippen LogP contribution in [0.15, 0.2) is 9.85 Å². The lowest BCUT2D eigenvalue weighted by Crippen LogP contribution is -2.24. The number of halogens is 1. The zero-order valence-electron chi connectivity index (χ0n) is 8.88. The Hall–Kier alpha value is -0.460. The third-order valence-electron chi connectivity index (χ3n) is 1.97. The average molecular weight is 321 g/mol. The minimum Gasteiger partial charge on any atom is -0.393 e. The Morgan fingerprint density at radius 3 is 2.88 bits per heavy atom. The average Bonchev–Trinajstić information content (AvgIpc) is 2.54. The standard InChI is InChI=1S/C10H13BrN2OS2/c1-6-5-7(16-9(6)11)10(14)13-4-2-3-8(12)15/h5H,2-4H2,1H3,(H2,12,15)(H,13,14). The van der Waals surface area contributed by atoms with Crippen LogP contribution in [0.4, 0.5) is 0 Å². The summed E-state index contributed by atoms with van der Waals surface area (Å²) in [5.41, 5.74) is 6.44. The van der Waals surface area contributed by atoms with Crippen molar-refractivity contribution in [1.29, 1.82) is 0 Å². The van der Waals surface area contributed by atoms with Gasteiger partial charge in [0.05, 0.1) is 13.7 Å². The maximum absolute atomic E-state index is 11.7. The van der Waals surface area contributed by atoms with Crippen LogP contribution in [0.2, 0.25) is 0 Å². The summed E-state index contributed by atoms with van der Waals surface area (Å²) in [5, 5.41) is 2.83. The number of hydrogen-bond acceptors (Lipinski definition) is 3. The van der Waals surface area contributed by atoms with Crippen molar-refractivity contribution in [3.05, 3.63) is 20.3 Å². The third kappa shape index (κ3) is 4.19. The second-order valence-electron chi connectivity index (χ2n) is 3.39. The van der Waals surface area contributed by atoms with Gasteiger partial charge in [-0.15, -0.1) is 11.3 Å². The smallest absolute Gasteiger partial charge is 0.261 e. The second kappa shape index (κ2) is 6.32. The molecule has 0 fully saturated rings. The molecule has 0 spiro atoms. The largest absolute Gasteiger partial charge is 0.393 e. The van der Waals surface area contributed by atoms with Gasteiger partial charge >= 0.3 is 0 Å². The van der Waals surface area contributed by atoms with Gasteiger partial charge in [-0.05, 0) is 47.3 Å².